The van der Waals surface area contributed by atoms with Crippen LogP contribution >= 0.6 is 23.2 Å². The summed E-state index contributed by atoms with van der Waals surface area (Å²) < 4.78 is 6.95. The molecule has 0 spiro atoms. The quantitative estimate of drug-likeness (QED) is 0.428. The van der Waals surface area contributed by atoms with E-state index in [1.807, 2.05) is 49.5 Å². The number of esters is 1. The van der Waals surface area contributed by atoms with Crippen LogP contribution in [-0.4, -0.2) is 29.6 Å². The van der Waals surface area contributed by atoms with Crippen molar-refractivity contribution in [1.82, 2.24) is 9.88 Å². The summed E-state index contributed by atoms with van der Waals surface area (Å²) in [7, 11) is 1.44. The fraction of sp³-hybridized carbons (Fsp3) is 0.385. The van der Waals surface area contributed by atoms with E-state index in [1.165, 1.54) is 7.11 Å². The second kappa shape index (κ2) is 10.2. The largest absolute Gasteiger partial charge is 0.469 e. The van der Waals surface area contributed by atoms with Crippen LogP contribution in [0.3, 0.4) is 0 Å². The number of methoxy groups -OCH3 is 1. The van der Waals surface area contributed by atoms with Crippen molar-refractivity contribution in [2.24, 2.45) is 11.8 Å². The minimum atomic E-state index is -0.138. The Labute approximate surface area is 204 Å². The zero-order valence-corrected chi connectivity index (χ0v) is 20.3. The number of benzene rings is 2. The third-order valence-electron chi connectivity index (χ3n) is 6.71. The molecule has 1 aromatic heterocycles. The van der Waals surface area contributed by atoms with Crippen LogP contribution in [0.1, 0.15) is 48.5 Å². The monoisotopic (exact) mass is 486 g/mol. The predicted octanol–water partition coefficient (Wildman–Crippen LogP) is 6.09. The highest BCUT2D eigenvalue weighted by molar-refractivity contribution is 6.32. The van der Waals surface area contributed by atoms with Crippen molar-refractivity contribution < 1.29 is 14.3 Å². The van der Waals surface area contributed by atoms with Crippen molar-refractivity contribution in [3.05, 3.63) is 69.8 Å². The summed E-state index contributed by atoms with van der Waals surface area (Å²) in [5.41, 5.74) is 2.51. The highest BCUT2D eigenvalue weighted by atomic mass is 35.5. The van der Waals surface area contributed by atoms with E-state index in [2.05, 4.69) is 9.88 Å². The van der Waals surface area contributed by atoms with E-state index in [9.17, 15) is 9.59 Å². The van der Waals surface area contributed by atoms with Crippen molar-refractivity contribution in [1.29, 1.82) is 0 Å². The Morgan fingerprint density at radius 2 is 1.76 bits per heavy atom. The number of nitrogens with zero attached hydrogens (tertiary/aromatic N) is 1. The lowest BCUT2D eigenvalue weighted by Gasteiger charge is -2.31. The van der Waals surface area contributed by atoms with Crippen LogP contribution in [0.25, 0.3) is 10.9 Å². The maximum Gasteiger partial charge on any atom is 0.308 e. The average Bonchev–Trinajstić information content (AvgIpc) is 3.21. The SMILES string of the molecule is COC(=O)[C@H]1CC[C@H](C(C)NC(=O)c2cc(Cl)cc3ccn(Cc4ccc(Cl)cc4)c23)CC1. The first-order valence-electron chi connectivity index (χ1n) is 11.3. The van der Waals surface area contributed by atoms with Gasteiger partial charge in [-0.1, -0.05) is 35.3 Å². The zero-order valence-electron chi connectivity index (χ0n) is 18.8. The molecule has 1 atom stereocenters. The molecule has 3 aromatic rings. The van der Waals surface area contributed by atoms with E-state index in [-0.39, 0.29) is 23.8 Å². The molecule has 1 saturated carbocycles. The van der Waals surface area contributed by atoms with E-state index in [0.717, 1.165) is 42.1 Å². The fourth-order valence-corrected chi connectivity index (χ4v) is 5.18. The van der Waals surface area contributed by atoms with Gasteiger partial charge in [-0.25, -0.2) is 0 Å². The number of amides is 1. The van der Waals surface area contributed by atoms with Gasteiger partial charge in [0.05, 0.1) is 24.1 Å². The van der Waals surface area contributed by atoms with Crippen LogP contribution < -0.4 is 5.32 Å². The van der Waals surface area contributed by atoms with Crippen LogP contribution in [0, 0.1) is 11.8 Å². The maximum atomic E-state index is 13.4. The van der Waals surface area contributed by atoms with Crippen LogP contribution in [0.5, 0.6) is 0 Å². The number of aromatic nitrogens is 1. The summed E-state index contributed by atoms with van der Waals surface area (Å²) in [6.07, 6.45) is 5.34. The van der Waals surface area contributed by atoms with Crippen molar-refractivity contribution in [2.75, 3.05) is 7.11 Å². The number of nitrogens with one attached hydrogen (secondary N) is 1. The summed E-state index contributed by atoms with van der Waals surface area (Å²) >= 11 is 12.4. The maximum absolute atomic E-state index is 13.4. The Hall–Kier alpha value is -2.50. The van der Waals surface area contributed by atoms with E-state index in [1.54, 1.807) is 6.07 Å². The number of hydrogen-bond donors (Lipinski definition) is 1. The summed E-state index contributed by atoms with van der Waals surface area (Å²) in [5, 5.41) is 5.33. The number of carbonyl (C=O) groups is 2. The number of ether oxygens (including phenoxy) is 1. The van der Waals surface area contributed by atoms with E-state index >= 15 is 0 Å². The third kappa shape index (κ3) is 5.36. The molecule has 1 unspecified atom stereocenters. The topological polar surface area (TPSA) is 60.3 Å². The van der Waals surface area contributed by atoms with Gasteiger partial charge in [0.15, 0.2) is 0 Å². The molecule has 2 aromatic carbocycles. The van der Waals surface area contributed by atoms with Gasteiger partial charge in [-0.05, 0) is 74.4 Å². The van der Waals surface area contributed by atoms with Crippen molar-refractivity contribution in [3.8, 4) is 0 Å². The highest BCUT2D eigenvalue weighted by Gasteiger charge is 2.30. The van der Waals surface area contributed by atoms with E-state index in [4.69, 9.17) is 27.9 Å². The van der Waals surface area contributed by atoms with Gasteiger partial charge in [0, 0.05) is 34.2 Å². The molecule has 1 fully saturated rings. The lowest BCUT2D eigenvalue weighted by atomic mass is 9.79. The van der Waals surface area contributed by atoms with Crippen molar-refractivity contribution >= 4 is 46.0 Å². The first-order valence-corrected chi connectivity index (χ1v) is 12.0. The van der Waals surface area contributed by atoms with Gasteiger partial charge in [0.1, 0.15) is 0 Å². The molecule has 174 valence electrons. The van der Waals surface area contributed by atoms with Crippen LogP contribution in [-0.2, 0) is 16.1 Å². The summed E-state index contributed by atoms with van der Waals surface area (Å²) in [6.45, 7) is 2.66. The van der Waals surface area contributed by atoms with E-state index < -0.39 is 0 Å². The highest BCUT2D eigenvalue weighted by Crippen LogP contribution is 2.32. The Bertz CT molecular complexity index is 1150. The van der Waals surface area contributed by atoms with Gasteiger partial charge in [0.25, 0.3) is 5.91 Å². The average molecular weight is 487 g/mol. The minimum absolute atomic E-state index is 0.00944. The first-order chi connectivity index (χ1) is 15.9. The lowest BCUT2D eigenvalue weighted by molar-refractivity contribution is -0.146. The normalized spacial score (nSPS) is 19.3. The zero-order chi connectivity index (χ0) is 23.5. The molecule has 4 rings (SSSR count). The Morgan fingerprint density at radius 1 is 1.06 bits per heavy atom. The molecule has 7 heteroatoms. The van der Waals surface area contributed by atoms with Gasteiger partial charge in [-0.3, -0.25) is 9.59 Å². The molecule has 1 aliphatic carbocycles. The molecule has 1 aliphatic rings. The van der Waals surface area contributed by atoms with Crippen LogP contribution in [0.2, 0.25) is 10.0 Å². The number of halogens is 2. The number of hydrogen-bond acceptors (Lipinski definition) is 3. The van der Waals surface area contributed by atoms with Gasteiger partial charge in [-0.2, -0.15) is 0 Å². The second-order valence-corrected chi connectivity index (χ2v) is 9.73. The predicted molar refractivity (Wildman–Crippen MR) is 132 cm³/mol. The third-order valence-corrected chi connectivity index (χ3v) is 7.18. The Balaban J connectivity index is 1.52. The molecule has 0 bridgehead atoms. The molecule has 0 aliphatic heterocycles. The first kappa shape index (κ1) is 23.7. The smallest absolute Gasteiger partial charge is 0.308 e. The van der Waals surface area contributed by atoms with Gasteiger partial charge < -0.3 is 14.6 Å². The molecular weight excluding hydrogens is 459 g/mol. The molecule has 5 nitrogen and oxygen atoms in total. The van der Waals surface area contributed by atoms with Crippen molar-refractivity contribution in [2.45, 2.75) is 45.2 Å². The molecule has 0 saturated heterocycles. The second-order valence-electron chi connectivity index (χ2n) is 8.86. The lowest BCUT2D eigenvalue weighted by Crippen LogP contribution is -2.40. The molecule has 1 N–H and O–H groups in total. The van der Waals surface area contributed by atoms with Gasteiger partial charge >= 0.3 is 5.97 Å². The molecule has 0 radical (unpaired) electrons. The Morgan fingerprint density at radius 3 is 2.42 bits per heavy atom. The molecule has 1 amide bonds. The van der Waals surface area contributed by atoms with E-state index in [0.29, 0.717) is 28.1 Å². The van der Waals surface area contributed by atoms with Gasteiger partial charge in [0.2, 0.25) is 0 Å². The van der Waals surface area contributed by atoms with Gasteiger partial charge in [-0.15, -0.1) is 0 Å². The number of fused-ring (bicyclic) bond motifs is 1. The standard InChI is InChI=1S/C26H28Cl2N2O3/c1-16(18-5-7-19(8-6-18)26(32)33-2)29-25(31)23-14-22(28)13-20-11-12-30(24(20)23)15-17-3-9-21(27)10-4-17/h3-4,9-14,16,18-19H,5-8,15H2,1-2H3,(H,29,31)/t16?,18-,19-. The Kier molecular flexibility index (Phi) is 7.30. The fourth-order valence-electron chi connectivity index (χ4n) is 4.83. The minimum Gasteiger partial charge on any atom is -0.469 e. The van der Waals surface area contributed by atoms with Crippen LogP contribution in [0.4, 0.5) is 0 Å². The summed E-state index contributed by atoms with van der Waals surface area (Å²) in [5.74, 6) is 0.0253. The molecular formula is C26H28Cl2N2O3. The van der Waals surface area contributed by atoms with Crippen LogP contribution in [0.15, 0.2) is 48.7 Å². The van der Waals surface area contributed by atoms with Crippen molar-refractivity contribution in [3.63, 3.8) is 0 Å². The number of carbonyl (C=O) groups excluding carboxylic acids is 2. The number of rotatable bonds is 6. The molecule has 33 heavy (non-hydrogen) atoms. The summed E-state index contributed by atoms with van der Waals surface area (Å²) in [4.78, 5) is 25.2. The summed E-state index contributed by atoms with van der Waals surface area (Å²) in [6, 6.07) is 13.3. The molecule has 1 heterocycles.